The number of carbonyl (C=O) groups excluding carboxylic acids is 2. The summed E-state index contributed by atoms with van der Waals surface area (Å²) in [4.78, 5) is 28.4. The molecule has 5 N–H and O–H groups in total. The van der Waals surface area contributed by atoms with Gasteiger partial charge in [-0.3, -0.25) is 10.5 Å². The van der Waals surface area contributed by atoms with Gasteiger partial charge >= 0.3 is 6.03 Å². The van der Waals surface area contributed by atoms with Gasteiger partial charge in [-0.15, -0.1) is 0 Å². The Morgan fingerprint density at radius 1 is 1.33 bits per heavy atom. The molecule has 17 heteroatoms. The highest BCUT2D eigenvalue weighted by Gasteiger charge is 2.42. The molecule has 3 amide bonds. The summed E-state index contributed by atoms with van der Waals surface area (Å²) in [5, 5.41) is 13.5. The number of halogens is 4. The Kier molecular flexibility index (Phi) is 9.30. The van der Waals surface area contributed by atoms with Gasteiger partial charge in [0.15, 0.2) is 11.3 Å². The highest BCUT2D eigenvalue weighted by atomic mass is 19.3. The number of nitrogens with one attached hydrogen (secondary N) is 1. The topological polar surface area (TPSA) is 180 Å². The number of hydrogen-bond acceptors (Lipinski definition) is 9. The molecule has 4 heterocycles. The Morgan fingerprint density at radius 3 is 2.71 bits per heavy atom. The maximum Gasteiger partial charge on any atom is 0.318 e. The lowest BCUT2D eigenvalue weighted by molar-refractivity contribution is -0.0509. The fraction of sp³-hybridized carbons (Fsp3) is 0.600. The van der Waals surface area contributed by atoms with E-state index in [1.54, 1.807) is 12.3 Å². The van der Waals surface area contributed by atoms with Gasteiger partial charge < -0.3 is 20.7 Å². The van der Waals surface area contributed by atoms with Crippen molar-refractivity contribution >= 4 is 17.6 Å². The summed E-state index contributed by atoms with van der Waals surface area (Å²) in [5.74, 6) is -3.38. The quantitative estimate of drug-likeness (QED) is 0.221. The van der Waals surface area contributed by atoms with E-state index in [0.717, 1.165) is 17.7 Å². The first kappa shape index (κ1) is 31.1. The molecule has 0 radical (unpaired) electrons. The van der Waals surface area contributed by atoms with Crippen LogP contribution in [0.5, 0.6) is 0 Å². The monoisotopic (exact) mass is 599 g/mol. The maximum absolute atomic E-state index is 13.9. The van der Waals surface area contributed by atoms with E-state index in [1.807, 2.05) is 6.92 Å². The van der Waals surface area contributed by atoms with Crippen molar-refractivity contribution in [2.24, 2.45) is 11.5 Å². The number of primary amides is 1. The van der Waals surface area contributed by atoms with Crippen molar-refractivity contribution in [3.05, 3.63) is 41.1 Å². The molecule has 2 fully saturated rings. The molecule has 5 rings (SSSR count). The van der Waals surface area contributed by atoms with Crippen LogP contribution in [0.1, 0.15) is 84.3 Å². The highest BCUT2D eigenvalue weighted by Crippen LogP contribution is 2.40. The average molecular weight is 600 g/mol. The molecule has 0 unspecified atom stereocenters. The Labute approximate surface area is 237 Å². The first-order valence-electron chi connectivity index (χ1n) is 13.3. The van der Waals surface area contributed by atoms with Gasteiger partial charge in [-0.2, -0.15) is 13.9 Å². The number of fused-ring (bicyclic) bond motifs is 1. The molecule has 1 aliphatic heterocycles. The van der Waals surface area contributed by atoms with Gasteiger partial charge in [0.2, 0.25) is 0 Å². The van der Waals surface area contributed by atoms with Crippen LogP contribution in [0.15, 0.2) is 23.1 Å². The van der Waals surface area contributed by atoms with Crippen LogP contribution in [0, 0.1) is 0 Å². The lowest BCUT2D eigenvalue weighted by Gasteiger charge is -2.38. The first-order valence-corrected chi connectivity index (χ1v) is 13.3. The van der Waals surface area contributed by atoms with Crippen LogP contribution >= 0.6 is 0 Å². The summed E-state index contributed by atoms with van der Waals surface area (Å²) in [7, 11) is 1.42. The zero-order valence-corrected chi connectivity index (χ0v) is 23.1. The van der Waals surface area contributed by atoms with Crippen molar-refractivity contribution in [2.75, 3.05) is 26.8 Å². The van der Waals surface area contributed by atoms with Crippen LogP contribution < -0.4 is 16.8 Å². The van der Waals surface area contributed by atoms with Crippen LogP contribution in [0.3, 0.4) is 0 Å². The second kappa shape index (κ2) is 12.6. The third-order valence-corrected chi connectivity index (χ3v) is 6.97. The van der Waals surface area contributed by atoms with Crippen molar-refractivity contribution in [3.63, 3.8) is 0 Å². The standard InChI is InChI=1S/C19H26F4N6O2.C6H7N3O2/c1-12(4-3-5-19(22,23)24)14-8-29-16(27-14)6-13(7-26-29)15(9-31-2)28-11-18(20,21)10-25-17(28)30;7-6(10)5-4(3-1-2-3)8-11-9-5/h6-8,12,15H,3-5,9-11,24H2,1-2H3,(H,25,30);3H,1-2H2,(H2,7,10)/t12-,15-;/m1./s1. The second-order valence-corrected chi connectivity index (χ2v) is 10.6. The fourth-order valence-corrected chi connectivity index (χ4v) is 4.57. The number of rotatable bonds is 11. The van der Waals surface area contributed by atoms with Gasteiger partial charge in [-0.25, -0.2) is 27.7 Å². The predicted molar refractivity (Wildman–Crippen MR) is 139 cm³/mol. The molecular weight excluding hydrogens is 566 g/mol. The van der Waals surface area contributed by atoms with Gasteiger partial charge in [0, 0.05) is 30.9 Å². The molecule has 1 saturated heterocycles. The van der Waals surface area contributed by atoms with E-state index in [0.29, 0.717) is 34.9 Å². The molecule has 0 spiro atoms. The van der Waals surface area contributed by atoms with Gasteiger partial charge in [0.05, 0.1) is 43.8 Å². The van der Waals surface area contributed by atoms with Crippen LogP contribution in [0.25, 0.3) is 5.65 Å². The third-order valence-electron chi connectivity index (χ3n) is 6.97. The number of amides is 3. The van der Waals surface area contributed by atoms with Crippen LogP contribution in [-0.4, -0.2) is 80.5 Å². The van der Waals surface area contributed by atoms with Crippen LogP contribution in [0.4, 0.5) is 22.4 Å². The number of ether oxygens (including phenoxy) is 1. The largest absolute Gasteiger partial charge is 0.382 e. The maximum atomic E-state index is 13.9. The molecule has 230 valence electrons. The van der Waals surface area contributed by atoms with Gasteiger partial charge in [-0.1, -0.05) is 12.1 Å². The Balaban J connectivity index is 0.000000305. The Bertz CT molecular complexity index is 1390. The smallest absolute Gasteiger partial charge is 0.318 e. The summed E-state index contributed by atoms with van der Waals surface area (Å²) in [6.07, 6.45) is 5.57. The normalized spacial score (nSPS) is 18.3. The van der Waals surface area contributed by atoms with Crippen molar-refractivity contribution in [1.82, 2.24) is 35.1 Å². The molecule has 3 aromatic heterocycles. The fourth-order valence-electron chi connectivity index (χ4n) is 4.57. The number of carbonyl (C=O) groups is 2. The predicted octanol–water partition coefficient (Wildman–Crippen LogP) is 2.95. The number of nitrogens with zero attached hydrogens (tertiary/aromatic N) is 6. The molecular formula is C25H33F4N9O4. The summed E-state index contributed by atoms with van der Waals surface area (Å²) < 4.78 is 64.5. The average Bonchev–Trinajstić information content (AvgIpc) is 3.47. The molecule has 1 saturated carbocycles. The lowest BCUT2D eigenvalue weighted by Crippen LogP contribution is -2.58. The van der Waals surface area contributed by atoms with Crippen molar-refractivity contribution in [1.29, 1.82) is 0 Å². The molecule has 2 aliphatic rings. The summed E-state index contributed by atoms with van der Waals surface area (Å²) in [6, 6.07) is -2.93. The molecule has 13 nitrogen and oxygen atoms in total. The number of nitrogens with two attached hydrogens (primary N) is 2. The Morgan fingerprint density at radius 2 is 2.07 bits per heavy atom. The van der Waals surface area contributed by atoms with Crippen LogP contribution in [-0.2, 0) is 4.74 Å². The number of alkyl halides is 4. The molecule has 0 aromatic carbocycles. The highest BCUT2D eigenvalue weighted by molar-refractivity contribution is 5.91. The van der Waals surface area contributed by atoms with Crippen molar-refractivity contribution in [3.8, 4) is 0 Å². The second-order valence-electron chi connectivity index (χ2n) is 10.6. The first-order chi connectivity index (χ1) is 19.8. The van der Waals surface area contributed by atoms with E-state index in [2.05, 4.69) is 30.3 Å². The molecule has 2 atom stereocenters. The minimum atomic E-state index is -3.19. The van der Waals surface area contributed by atoms with E-state index in [9.17, 15) is 27.2 Å². The summed E-state index contributed by atoms with van der Waals surface area (Å²) in [5.41, 5.74) is 12.2. The zero-order chi connectivity index (χ0) is 30.7. The van der Waals surface area contributed by atoms with Crippen molar-refractivity contribution < 1.29 is 36.5 Å². The number of imidazole rings is 1. The van der Waals surface area contributed by atoms with Crippen molar-refractivity contribution in [2.45, 2.75) is 68.9 Å². The number of hydrogen-bond donors (Lipinski definition) is 3. The van der Waals surface area contributed by atoms with E-state index in [4.69, 9.17) is 16.2 Å². The molecule has 1 aliphatic carbocycles. The summed E-state index contributed by atoms with van der Waals surface area (Å²) in [6.45, 7) is 0.418. The molecule has 0 bridgehead atoms. The number of methoxy groups -OCH3 is 1. The SMILES string of the molecule is COC[C@H](c1cnn2cc([C@H](C)CCCC(N)(F)F)nc2c1)N1CC(F)(F)CNC1=O.NC(=O)c1nonc1C1CC1. The number of aromatic nitrogens is 5. The molecule has 3 aromatic rings. The third kappa shape index (κ3) is 7.90. The minimum Gasteiger partial charge on any atom is -0.382 e. The van der Waals surface area contributed by atoms with Crippen LogP contribution in [0.2, 0.25) is 0 Å². The van der Waals surface area contributed by atoms with Gasteiger partial charge in [0.25, 0.3) is 17.9 Å². The molecule has 42 heavy (non-hydrogen) atoms. The number of urea groups is 1. The lowest BCUT2D eigenvalue weighted by atomic mass is 10.0. The summed E-state index contributed by atoms with van der Waals surface area (Å²) >= 11 is 0. The minimum absolute atomic E-state index is 0.00137. The zero-order valence-electron chi connectivity index (χ0n) is 23.1. The van der Waals surface area contributed by atoms with E-state index < -0.39 is 49.5 Å². The van der Waals surface area contributed by atoms with E-state index >= 15 is 0 Å². The van der Waals surface area contributed by atoms with Gasteiger partial charge in [0.1, 0.15) is 5.69 Å². The Hall–Kier alpha value is -3.86. The van der Waals surface area contributed by atoms with E-state index in [1.165, 1.54) is 17.8 Å². The van der Waals surface area contributed by atoms with E-state index in [-0.39, 0.29) is 24.6 Å². The van der Waals surface area contributed by atoms with Gasteiger partial charge in [-0.05, 0) is 36.9 Å².